The third-order valence-electron chi connectivity index (χ3n) is 3.00. The molecule has 18 heavy (non-hydrogen) atoms. The van der Waals surface area contributed by atoms with Crippen LogP contribution in [0.15, 0.2) is 18.2 Å². The van der Waals surface area contributed by atoms with E-state index >= 15 is 0 Å². The molecule has 0 atom stereocenters. The minimum Gasteiger partial charge on any atom is -0.369 e. The molecule has 0 aliphatic carbocycles. The third kappa shape index (κ3) is 2.48. The zero-order valence-corrected chi connectivity index (χ0v) is 11.4. The molecule has 6 heteroatoms. The van der Waals surface area contributed by atoms with E-state index in [9.17, 15) is 8.42 Å². The smallest absolute Gasteiger partial charge is 0.201 e. The Balaban J connectivity index is 2.38. The molecule has 2 rings (SSSR count). The molecular formula is C12H17N3O2S. The number of anilines is 1. The SMILES string of the molecule is CCS(=O)(=O)CCn1c(N)nc2ccc(C)cc21. The van der Waals surface area contributed by atoms with Gasteiger partial charge in [-0.05, 0) is 24.6 Å². The fourth-order valence-electron chi connectivity index (χ4n) is 1.86. The van der Waals surface area contributed by atoms with Crippen LogP contribution < -0.4 is 5.73 Å². The average molecular weight is 267 g/mol. The molecule has 1 aromatic heterocycles. The van der Waals surface area contributed by atoms with Gasteiger partial charge < -0.3 is 10.3 Å². The van der Waals surface area contributed by atoms with E-state index in [1.54, 1.807) is 11.5 Å². The summed E-state index contributed by atoms with van der Waals surface area (Å²) in [6.07, 6.45) is 0. The number of hydrogen-bond acceptors (Lipinski definition) is 4. The maximum Gasteiger partial charge on any atom is 0.201 e. The second kappa shape index (κ2) is 4.61. The van der Waals surface area contributed by atoms with Gasteiger partial charge in [-0.2, -0.15) is 0 Å². The zero-order valence-electron chi connectivity index (χ0n) is 10.5. The average Bonchev–Trinajstić information content (AvgIpc) is 2.62. The van der Waals surface area contributed by atoms with Crippen molar-refractivity contribution in [1.29, 1.82) is 0 Å². The van der Waals surface area contributed by atoms with Gasteiger partial charge in [0, 0.05) is 12.3 Å². The number of nitrogens with two attached hydrogens (primary N) is 1. The summed E-state index contributed by atoms with van der Waals surface area (Å²) in [5.41, 5.74) is 8.62. The van der Waals surface area contributed by atoms with Crippen LogP contribution in [0.5, 0.6) is 0 Å². The molecule has 0 aliphatic heterocycles. The van der Waals surface area contributed by atoms with E-state index in [0.29, 0.717) is 12.5 Å². The van der Waals surface area contributed by atoms with Gasteiger partial charge in [0.25, 0.3) is 0 Å². The Bertz CT molecular complexity index is 674. The summed E-state index contributed by atoms with van der Waals surface area (Å²) < 4.78 is 24.8. The minimum atomic E-state index is -3.00. The predicted octanol–water partition coefficient (Wildman–Crippen LogP) is 1.36. The van der Waals surface area contributed by atoms with E-state index in [0.717, 1.165) is 16.6 Å². The van der Waals surface area contributed by atoms with E-state index in [-0.39, 0.29) is 11.5 Å². The summed E-state index contributed by atoms with van der Waals surface area (Å²) in [6.45, 7) is 3.98. The Kier molecular flexibility index (Phi) is 3.30. The molecule has 0 saturated heterocycles. The quantitative estimate of drug-likeness (QED) is 0.907. The molecule has 98 valence electrons. The first-order valence-corrected chi connectivity index (χ1v) is 7.68. The predicted molar refractivity (Wildman–Crippen MR) is 73.2 cm³/mol. The number of imidazole rings is 1. The maximum absolute atomic E-state index is 11.5. The minimum absolute atomic E-state index is 0.0904. The van der Waals surface area contributed by atoms with Crippen molar-refractivity contribution in [2.45, 2.75) is 20.4 Å². The highest BCUT2D eigenvalue weighted by atomic mass is 32.2. The molecule has 5 nitrogen and oxygen atoms in total. The van der Waals surface area contributed by atoms with E-state index < -0.39 is 9.84 Å². The highest BCUT2D eigenvalue weighted by molar-refractivity contribution is 7.91. The summed E-state index contributed by atoms with van der Waals surface area (Å²) in [5, 5.41) is 0. The fourth-order valence-corrected chi connectivity index (χ4v) is 2.61. The van der Waals surface area contributed by atoms with Gasteiger partial charge in [0.2, 0.25) is 5.95 Å². The molecule has 0 bridgehead atoms. The number of nitrogen functional groups attached to an aromatic ring is 1. The molecule has 0 saturated carbocycles. The van der Waals surface area contributed by atoms with Crippen molar-refractivity contribution in [3.63, 3.8) is 0 Å². The summed E-state index contributed by atoms with van der Waals surface area (Å²) in [7, 11) is -3.00. The Hall–Kier alpha value is -1.56. The van der Waals surface area contributed by atoms with Crippen LogP contribution in [0, 0.1) is 6.92 Å². The van der Waals surface area contributed by atoms with Crippen molar-refractivity contribution in [1.82, 2.24) is 9.55 Å². The van der Waals surface area contributed by atoms with E-state index in [1.165, 1.54) is 0 Å². The summed E-state index contributed by atoms with van der Waals surface area (Å²) in [6, 6.07) is 5.82. The maximum atomic E-state index is 11.5. The third-order valence-corrected chi connectivity index (χ3v) is 4.68. The highest BCUT2D eigenvalue weighted by Crippen LogP contribution is 2.19. The number of aromatic nitrogens is 2. The number of rotatable bonds is 4. The van der Waals surface area contributed by atoms with Gasteiger partial charge >= 0.3 is 0 Å². The first kappa shape index (κ1) is 12.9. The van der Waals surface area contributed by atoms with Gasteiger partial charge in [0.1, 0.15) is 0 Å². The van der Waals surface area contributed by atoms with Crippen molar-refractivity contribution >= 4 is 26.8 Å². The molecule has 2 N–H and O–H groups in total. The van der Waals surface area contributed by atoms with Crippen LogP contribution in [0.2, 0.25) is 0 Å². The van der Waals surface area contributed by atoms with E-state index in [2.05, 4.69) is 4.98 Å². The lowest BCUT2D eigenvalue weighted by Crippen LogP contribution is -2.15. The summed E-state index contributed by atoms with van der Waals surface area (Å²) in [4.78, 5) is 4.23. The topological polar surface area (TPSA) is 78.0 Å². The van der Waals surface area contributed by atoms with Gasteiger partial charge in [-0.15, -0.1) is 0 Å². The molecule has 0 radical (unpaired) electrons. The standard InChI is InChI=1S/C12H17N3O2S/c1-3-18(16,17)7-6-15-11-8-9(2)4-5-10(11)14-12(15)13/h4-5,8H,3,6-7H2,1-2H3,(H2,13,14). The number of aryl methyl sites for hydroxylation is 2. The van der Waals surface area contributed by atoms with Gasteiger partial charge in [-0.25, -0.2) is 13.4 Å². The number of hydrogen-bond donors (Lipinski definition) is 1. The van der Waals surface area contributed by atoms with Crippen LogP contribution in [0.25, 0.3) is 11.0 Å². The van der Waals surface area contributed by atoms with Gasteiger partial charge in [0.15, 0.2) is 9.84 Å². The zero-order chi connectivity index (χ0) is 13.3. The second-order valence-corrected chi connectivity index (χ2v) is 6.82. The first-order valence-electron chi connectivity index (χ1n) is 5.86. The number of benzene rings is 1. The van der Waals surface area contributed by atoms with Crippen LogP contribution in [-0.2, 0) is 16.4 Å². The number of fused-ring (bicyclic) bond motifs is 1. The lowest BCUT2D eigenvalue weighted by Gasteiger charge is -2.06. The fraction of sp³-hybridized carbons (Fsp3) is 0.417. The highest BCUT2D eigenvalue weighted by Gasteiger charge is 2.12. The van der Waals surface area contributed by atoms with Gasteiger partial charge in [-0.1, -0.05) is 13.0 Å². The lowest BCUT2D eigenvalue weighted by atomic mass is 10.2. The molecule has 0 spiro atoms. The molecule has 0 unspecified atom stereocenters. The van der Waals surface area contributed by atoms with Crippen LogP contribution in [0.4, 0.5) is 5.95 Å². The van der Waals surface area contributed by atoms with Crippen molar-refractivity contribution in [2.24, 2.45) is 0 Å². The molecule has 0 fully saturated rings. The molecular weight excluding hydrogens is 250 g/mol. The van der Waals surface area contributed by atoms with Crippen molar-refractivity contribution in [3.05, 3.63) is 23.8 Å². The first-order chi connectivity index (χ1) is 8.43. The Morgan fingerprint density at radius 3 is 2.78 bits per heavy atom. The molecule has 0 amide bonds. The summed E-state index contributed by atoms with van der Waals surface area (Å²) in [5.74, 6) is 0.605. The normalized spacial score (nSPS) is 12.1. The van der Waals surface area contributed by atoms with Crippen molar-refractivity contribution < 1.29 is 8.42 Å². The second-order valence-electron chi connectivity index (χ2n) is 4.35. The molecule has 1 heterocycles. The van der Waals surface area contributed by atoms with E-state index in [4.69, 9.17) is 5.73 Å². The largest absolute Gasteiger partial charge is 0.369 e. The monoisotopic (exact) mass is 267 g/mol. The Morgan fingerprint density at radius 2 is 2.11 bits per heavy atom. The Morgan fingerprint density at radius 1 is 1.39 bits per heavy atom. The Labute approximate surface area is 107 Å². The summed E-state index contributed by atoms with van der Waals surface area (Å²) >= 11 is 0. The van der Waals surface area contributed by atoms with Gasteiger partial charge in [0.05, 0.1) is 16.8 Å². The van der Waals surface area contributed by atoms with Crippen molar-refractivity contribution in [3.8, 4) is 0 Å². The van der Waals surface area contributed by atoms with E-state index in [1.807, 2.05) is 25.1 Å². The number of nitrogens with zero attached hydrogens (tertiary/aromatic N) is 2. The molecule has 0 aliphatic rings. The van der Waals surface area contributed by atoms with Crippen LogP contribution in [-0.4, -0.2) is 29.5 Å². The van der Waals surface area contributed by atoms with Crippen LogP contribution >= 0.6 is 0 Å². The lowest BCUT2D eigenvalue weighted by molar-refractivity contribution is 0.591. The van der Waals surface area contributed by atoms with Crippen molar-refractivity contribution in [2.75, 3.05) is 17.2 Å². The molecule has 2 aromatic rings. The molecule has 1 aromatic carbocycles. The number of sulfone groups is 1. The van der Waals surface area contributed by atoms with Crippen LogP contribution in [0.1, 0.15) is 12.5 Å². The van der Waals surface area contributed by atoms with Crippen LogP contribution in [0.3, 0.4) is 0 Å². The van der Waals surface area contributed by atoms with Gasteiger partial charge in [-0.3, -0.25) is 0 Å².